The Labute approximate surface area is 136 Å². The second-order valence-electron chi connectivity index (χ2n) is 5.04. The normalized spacial score (nSPS) is 12.6. The van der Waals surface area contributed by atoms with Crippen LogP contribution in [0, 0.1) is 0 Å². The molecule has 0 fully saturated rings. The van der Waals surface area contributed by atoms with Gasteiger partial charge in [-0.05, 0) is 11.1 Å². The van der Waals surface area contributed by atoms with Gasteiger partial charge in [0.1, 0.15) is 6.04 Å². The van der Waals surface area contributed by atoms with E-state index in [1.54, 1.807) is 30.3 Å². The van der Waals surface area contributed by atoms with Crippen LogP contribution in [0.1, 0.15) is 17.2 Å². The Bertz CT molecular complexity index is 661. The first-order valence-corrected chi connectivity index (χ1v) is 7.07. The van der Waals surface area contributed by atoms with Crippen LogP contribution in [-0.4, -0.2) is 23.7 Å². The maximum absolute atomic E-state index is 12.1. The van der Waals surface area contributed by atoms with Crippen LogP contribution in [0.4, 0.5) is 13.2 Å². The number of amides is 1. The van der Waals surface area contributed by atoms with Gasteiger partial charge in [-0.25, -0.2) is 4.98 Å². The lowest BCUT2D eigenvalue weighted by atomic mass is 10.1. The van der Waals surface area contributed by atoms with Crippen molar-refractivity contribution in [2.45, 2.75) is 18.8 Å². The van der Waals surface area contributed by atoms with Crippen LogP contribution in [0.25, 0.3) is 0 Å². The molecule has 1 atom stereocenters. The van der Waals surface area contributed by atoms with Gasteiger partial charge in [0.15, 0.2) is 6.61 Å². The summed E-state index contributed by atoms with van der Waals surface area (Å²) in [6.07, 6.45) is -3.03. The van der Waals surface area contributed by atoms with E-state index in [2.05, 4.69) is 15.0 Å². The van der Waals surface area contributed by atoms with Crippen LogP contribution in [-0.2, 0) is 11.3 Å². The van der Waals surface area contributed by atoms with Crippen molar-refractivity contribution in [1.29, 1.82) is 0 Å². The maximum atomic E-state index is 12.1. The van der Waals surface area contributed by atoms with E-state index in [0.717, 1.165) is 5.56 Å². The molecule has 0 bridgehead atoms. The summed E-state index contributed by atoms with van der Waals surface area (Å²) in [6, 6.07) is 11.2. The molecule has 0 spiro atoms. The zero-order valence-electron chi connectivity index (χ0n) is 12.6. The molecule has 8 heteroatoms. The van der Waals surface area contributed by atoms with E-state index in [0.29, 0.717) is 5.56 Å². The molecule has 1 aromatic heterocycles. The Balaban J connectivity index is 1.94. The van der Waals surface area contributed by atoms with E-state index in [9.17, 15) is 18.0 Å². The first-order valence-electron chi connectivity index (χ1n) is 7.07. The van der Waals surface area contributed by atoms with Crippen LogP contribution < -0.4 is 15.8 Å². The number of benzene rings is 1. The lowest BCUT2D eigenvalue weighted by Crippen LogP contribution is -2.33. The molecule has 0 unspecified atom stereocenters. The fourth-order valence-electron chi connectivity index (χ4n) is 2.00. The highest BCUT2D eigenvalue weighted by molar-refractivity contribution is 5.81. The highest BCUT2D eigenvalue weighted by Gasteiger charge is 2.28. The zero-order chi connectivity index (χ0) is 17.6. The second-order valence-corrected chi connectivity index (χ2v) is 5.04. The molecule has 5 nitrogen and oxygen atoms in total. The van der Waals surface area contributed by atoms with Crippen molar-refractivity contribution in [2.24, 2.45) is 5.73 Å². The minimum Gasteiger partial charge on any atom is -0.468 e. The Kier molecular flexibility index (Phi) is 5.75. The molecular formula is C16H16F3N3O2. The molecule has 0 aliphatic carbocycles. The summed E-state index contributed by atoms with van der Waals surface area (Å²) in [6.45, 7) is -1.12. The van der Waals surface area contributed by atoms with Crippen molar-refractivity contribution < 1.29 is 22.7 Å². The Morgan fingerprint density at radius 1 is 1.21 bits per heavy atom. The smallest absolute Gasteiger partial charge is 0.422 e. The van der Waals surface area contributed by atoms with Crippen LogP contribution in [0.15, 0.2) is 48.7 Å². The number of nitrogens with two attached hydrogens (primary N) is 1. The van der Waals surface area contributed by atoms with Crippen LogP contribution >= 0.6 is 0 Å². The molecule has 2 aromatic rings. The van der Waals surface area contributed by atoms with Crippen molar-refractivity contribution in [3.05, 3.63) is 59.8 Å². The van der Waals surface area contributed by atoms with E-state index in [4.69, 9.17) is 5.73 Å². The topological polar surface area (TPSA) is 77.2 Å². The van der Waals surface area contributed by atoms with E-state index in [1.807, 2.05) is 6.07 Å². The van der Waals surface area contributed by atoms with Gasteiger partial charge >= 0.3 is 6.18 Å². The van der Waals surface area contributed by atoms with Crippen LogP contribution in [0.3, 0.4) is 0 Å². The molecule has 1 heterocycles. The molecule has 24 heavy (non-hydrogen) atoms. The van der Waals surface area contributed by atoms with Gasteiger partial charge in [-0.2, -0.15) is 13.2 Å². The number of hydrogen-bond acceptors (Lipinski definition) is 4. The quantitative estimate of drug-likeness (QED) is 0.812. The number of primary amides is 1. The predicted molar refractivity (Wildman–Crippen MR) is 81.0 cm³/mol. The van der Waals surface area contributed by atoms with E-state index >= 15 is 0 Å². The number of nitrogens with one attached hydrogen (secondary N) is 1. The average Bonchev–Trinajstić information content (AvgIpc) is 2.54. The van der Waals surface area contributed by atoms with E-state index in [-0.39, 0.29) is 12.4 Å². The summed E-state index contributed by atoms with van der Waals surface area (Å²) < 4.78 is 40.7. The average molecular weight is 339 g/mol. The molecule has 0 radical (unpaired) electrons. The first kappa shape index (κ1) is 17.7. The van der Waals surface area contributed by atoms with Crippen molar-refractivity contribution in [3.8, 4) is 5.88 Å². The van der Waals surface area contributed by atoms with Crippen molar-refractivity contribution >= 4 is 5.91 Å². The number of ether oxygens (including phenoxy) is 1. The number of carbonyl (C=O) groups is 1. The number of aromatic nitrogens is 1. The van der Waals surface area contributed by atoms with E-state index in [1.165, 1.54) is 12.3 Å². The third-order valence-corrected chi connectivity index (χ3v) is 3.11. The highest BCUT2D eigenvalue weighted by atomic mass is 19.4. The van der Waals surface area contributed by atoms with Crippen LogP contribution in [0.5, 0.6) is 5.88 Å². The number of alkyl halides is 3. The summed E-state index contributed by atoms with van der Waals surface area (Å²) in [5.41, 5.74) is 6.80. The van der Waals surface area contributed by atoms with E-state index < -0.39 is 24.7 Å². The number of carbonyl (C=O) groups excluding carboxylic acids is 1. The minimum atomic E-state index is -4.41. The number of hydrogen-bond donors (Lipinski definition) is 2. The maximum Gasteiger partial charge on any atom is 0.422 e. The molecule has 1 aromatic carbocycles. The van der Waals surface area contributed by atoms with Crippen molar-refractivity contribution in [2.75, 3.05) is 6.61 Å². The largest absolute Gasteiger partial charge is 0.468 e. The number of halogens is 3. The van der Waals surface area contributed by atoms with Gasteiger partial charge in [0.05, 0.1) is 0 Å². The summed E-state index contributed by atoms with van der Waals surface area (Å²) >= 11 is 0. The summed E-state index contributed by atoms with van der Waals surface area (Å²) in [5.74, 6) is -0.648. The Hall–Kier alpha value is -2.61. The fourth-order valence-corrected chi connectivity index (χ4v) is 2.00. The summed E-state index contributed by atoms with van der Waals surface area (Å²) in [7, 11) is 0. The van der Waals surface area contributed by atoms with Gasteiger partial charge < -0.3 is 10.5 Å². The molecule has 3 N–H and O–H groups in total. The van der Waals surface area contributed by atoms with Gasteiger partial charge in [-0.1, -0.05) is 36.4 Å². The lowest BCUT2D eigenvalue weighted by molar-refractivity contribution is -0.154. The second kappa shape index (κ2) is 7.78. The highest BCUT2D eigenvalue weighted by Crippen LogP contribution is 2.17. The lowest BCUT2D eigenvalue weighted by Gasteiger charge is -2.16. The number of nitrogens with zero attached hydrogens (tertiary/aromatic N) is 1. The fraction of sp³-hybridized carbons (Fsp3) is 0.250. The van der Waals surface area contributed by atoms with Gasteiger partial charge in [0.25, 0.3) is 0 Å². The molecule has 0 saturated carbocycles. The molecular weight excluding hydrogens is 323 g/mol. The number of pyridine rings is 1. The van der Waals surface area contributed by atoms with Gasteiger partial charge in [-0.15, -0.1) is 0 Å². The Morgan fingerprint density at radius 2 is 1.92 bits per heavy atom. The SMILES string of the molecule is NC(=O)[C@@H](NCc1ccc(OCC(F)(F)F)nc1)c1ccccc1. The van der Waals surface area contributed by atoms with Crippen molar-refractivity contribution in [3.63, 3.8) is 0 Å². The molecule has 2 rings (SSSR count). The molecule has 0 aliphatic heterocycles. The molecule has 0 saturated heterocycles. The third kappa shape index (κ3) is 5.54. The third-order valence-electron chi connectivity index (χ3n) is 3.11. The first-order chi connectivity index (χ1) is 11.3. The number of rotatable bonds is 7. The standard InChI is InChI=1S/C16H16F3N3O2/c17-16(18,19)10-24-13-7-6-11(8-21-13)9-22-14(15(20)23)12-4-2-1-3-5-12/h1-8,14,22H,9-10H2,(H2,20,23)/t14-/m0/s1. The van der Waals surface area contributed by atoms with Gasteiger partial charge in [-0.3, -0.25) is 10.1 Å². The Morgan fingerprint density at radius 3 is 2.46 bits per heavy atom. The van der Waals surface area contributed by atoms with Crippen molar-refractivity contribution in [1.82, 2.24) is 10.3 Å². The monoisotopic (exact) mass is 339 g/mol. The van der Waals surface area contributed by atoms with Gasteiger partial charge in [0.2, 0.25) is 11.8 Å². The van der Waals surface area contributed by atoms with Crippen LogP contribution in [0.2, 0.25) is 0 Å². The zero-order valence-corrected chi connectivity index (χ0v) is 12.6. The molecule has 1 amide bonds. The molecule has 0 aliphatic rings. The minimum absolute atomic E-state index is 0.120. The molecule has 128 valence electrons. The van der Waals surface area contributed by atoms with Gasteiger partial charge in [0, 0.05) is 18.8 Å². The summed E-state index contributed by atoms with van der Waals surface area (Å²) in [4.78, 5) is 15.4. The predicted octanol–water partition coefficient (Wildman–Crippen LogP) is 2.34. The summed E-state index contributed by atoms with van der Waals surface area (Å²) in [5, 5.41) is 2.99.